The molecule has 3 rings (SSSR count). The molecule has 1 heteroatoms. The summed E-state index contributed by atoms with van der Waals surface area (Å²) in [5.41, 5.74) is 8.89. The molecule has 2 aromatic rings. The van der Waals surface area contributed by atoms with Crippen LogP contribution in [0.3, 0.4) is 0 Å². The number of hydrogen-bond acceptors (Lipinski definition) is 1. The monoisotopic (exact) mass is 304 g/mol. The van der Waals surface area contributed by atoms with Crippen molar-refractivity contribution >= 4 is 11.3 Å². The zero-order chi connectivity index (χ0) is 16.6. The Morgan fingerprint density at radius 3 is 1.91 bits per heavy atom. The Morgan fingerprint density at radius 2 is 1.30 bits per heavy atom. The molecule has 0 spiro atoms. The lowest BCUT2D eigenvalue weighted by atomic mass is 9.96. The van der Waals surface area contributed by atoms with Crippen LogP contribution in [0.1, 0.15) is 40.3 Å². The van der Waals surface area contributed by atoms with Crippen LogP contribution in [0, 0.1) is 27.7 Å². The maximum absolute atomic E-state index is 6.06. The van der Waals surface area contributed by atoms with Crippen LogP contribution >= 0.6 is 0 Å². The highest BCUT2D eigenvalue weighted by Crippen LogP contribution is 2.31. The fourth-order valence-corrected chi connectivity index (χ4v) is 2.86. The van der Waals surface area contributed by atoms with Crippen molar-refractivity contribution in [1.82, 2.24) is 0 Å². The van der Waals surface area contributed by atoms with Crippen LogP contribution in [0.4, 0.5) is 0 Å². The number of benzene rings is 2. The van der Waals surface area contributed by atoms with E-state index in [4.69, 9.17) is 4.74 Å². The highest BCUT2D eigenvalue weighted by atomic mass is 16.5. The molecular weight excluding hydrogens is 280 g/mol. The van der Waals surface area contributed by atoms with Gasteiger partial charge in [-0.1, -0.05) is 30.3 Å². The molecule has 1 nitrogen and oxygen atoms in total. The molecule has 1 aliphatic rings. The topological polar surface area (TPSA) is 9.23 Å². The number of rotatable bonds is 2. The van der Waals surface area contributed by atoms with E-state index in [0.29, 0.717) is 0 Å². The summed E-state index contributed by atoms with van der Waals surface area (Å²) in [6.07, 6.45) is 4.43. The first-order valence-corrected chi connectivity index (χ1v) is 8.19. The molecule has 0 N–H and O–H groups in total. The molecule has 1 heterocycles. The minimum Gasteiger partial charge on any atom is -0.486 e. The Morgan fingerprint density at radius 1 is 0.739 bits per heavy atom. The molecule has 0 amide bonds. The van der Waals surface area contributed by atoms with Gasteiger partial charge in [0.1, 0.15) is 11.9 Å². The van der Waals surface area contributed by atoms with Crippen LogP contribution in [0.25, 0.3) is 11.3 Å². The molecule has 0 fully saturated rings. The molecule has 0 bridgehead atoms. The molecule has 23 heavy (non-hydrogen) atoms. The Balaban J connectivity index is 2.02. The third-order valence-corrected chi connectivity index (χ3v) is 4.65. The summed E-state index contributed by atoms with van der Waals surface area (Å²) in [5, 5.41) is 0. The van der Waals surface area contributed by atoms with E-state index in [1.165, 1.54) is 33.4 Å². The molecular formula is C22H24O. The van der Waals surface area contributed by atoms with Crippen molar-refractivity contribution in [3.63, 3.8) is 0 Å². The van der Waals surface area contributed by atoms with Crippen molar-refractivity contribution < 1.29 is 4.74 Å². The summed E-state index contributed by atoms with van der Waals surface area (Å²) >= 11 is 0. The van der Waals surface area contributed by atoms with Crippen LogP contribution in [-0.2, 0) is 4.74 Å². The highest BCUT2D eigenvalue weighted by Gasteiger charge is 2.16. The average molecular weight is 304 g/mol. The van der Waals surface area contributed by atoms with Gasteiger partial charge in [-0.25, -0.2) is 0 Å². The fraction of sp³-hybridized carbons (Fsp3) is 0.273. The van der Waals surface area contributed by atoms with Gasteiger partial charge < -0.3 is 4.74 Å². The van der Waals surface area contributed by atoms with Gasteiger partial charge in [0, 0.05) is 5.56 Å². The Labute approximate surface area is 139 Å². The minimum absolute atomic E-state index is 0.0771. The van der Waals surface area contributed by atoms with Crippen molar-refractivity contribution in [3.8, 4) is 0 Å². The molecule has 1 aliphatic heterocycles. The first kappa shape index (κ1) is 15.6. The number of ether oxygens (including phenoxy) is 1. The predicted octanol–water partition coefficient (Wildman–Crippen LogP) is 5.76. The maximum Gasteiger partial charge on any atom is 0.128 e. The van der Waals surface area contributed by atoms with Gasteiger partial charge in [0.05, 0.1) is 0 Å². The lowest BCUT2D eigenvalue weighted by molar-refractivity contribution is 0.228. The second kappa shape index (κ2) is 6.08. The summed E-state index contributed by atoms with van der Waals surface area (Å²) in [6, 6.07) is 13.2. The number of hydrogen-bond donors (Lipinski definition) is 0. The average Bonchev–Trinajstić information content (AvgIpc) is 2.52. The molecule has 0 aliphatic carbocycles. The van der Waals surface area contributed by atoms with Crippen molar-refractivity contribution in [1.29, 1.82) is 0 Å². The van der Waals surface area contributed by atoms with Crippen LogP contribution in [0.15, 0.2) is 48.6 Å². The number of allylic oxidation sites excluding steroid dienone is 2. The van der Waals surface area contributed by atoms with Gasteiger partial charge in [0.2, 0.25) is 0 Å². The first-order chi connectivity index (χ1) is 10.9. The second-order valence-electron chi connectivity index (χ2n) is 6.55. The third kappa shape index (κ3) is 3.24. The largest absolute Gasteiger partial charge is 0.486 e. The molecule has 0 radical (unpaired) electrons. The summed E-state index contributed by atoms with van der Waals surface area (Å²) in [4.78, 5) is 0. The predicted molar refractivity (Wildman–Crippen MR) is 98.3 cm³/mol. The maximum atomic E-state index is 6.06. The molecule has 1 unspecified atom stereocenters. The Hall–Kier alpha value is -2.28. The van der Waals surface area contributed by atoms with E-state index in [2.05, 4.69) is 83.2 Å². The zero-order valence-corrected chi connectivity index (χ0v) is 14.6. The van der Waals surface area contributed by atoms with Gasteiger partial charge in [-0.05, 0) is 86.2 Å². The van der Waals surface area contributed by atoms with Crippen molar-refractivity contribution in [2.24, 2.45) is 0 Å². The van der Waals surface area contributed by atoms with Crippen molar-refractivity contribution in [3.05, 3.63) is 81.9 Å². The van der Waals surface area contributed by atoms with Gasteiger partial charge in [-0.2, -0.15) is 0 Å². The van der Waals surface area contributed by atoms with E-state index in [9.17, 15) is 0 Å². The molecule has 118 valence electrons. The first-order valence-electron chi connectivity index (χ1n) is 8.19. The zero-order valence-electron chi connectivity index (χ0n) is 14.6. The van der Waals surface area contributed by atoms with E-state index in [1.807, 2.05) is 0 Å². The smallest absolute Gasteiger partial charge is 0.128 e. The van der Waals surface area contributed by atoms with E-state index < -0.39 is 0 Å². The summed E-state index contributed by atoms with van der Waals surface area (Å²) in [5.74, 6) is 0.955. The molecule has 0 aromatic heterocycles. The van der Waals surface area contributed by atoms with Crippen LogP contribution in [-0.4, -0.2) is 6.10 Å². The van der Waals surface area contributed by atoms with E-state index in [-0.39, 0.29) is 6.10 Å². The minimum atomic E-state index is 0.0771. The second-order valence-corrected chi connectivity index (χ2v) is 6.55. The summed E-state index contributed by atoms with van der Waals surface area (Å²) in [6.45, 7) is 10.7. The van der Waals surface area contributed by atoms with Crippen molar-refractivity contribution in [2.45, 2.75) is 40.7 Å². The van der Waals surface area contributed by atoms with Gasteiger partial charge in [0.15, 0.2) is 0 Å². The van der Waals surface area contributed by atoms with Gasteiger partial charge in [-0.3, -0.25) is 0 Å². The van der Waals surface area contributed by atoms with Crippen LogP contribution in [0.5, 0.6) is 0 Å². The molecule has 0 saturated heterocycles. The highest BCUT2D eigenvalue weighted by molar-refractivity contribution is 5.84. The lowest BCUT2D eigenvalue weighted by Crippen LogP contribution is -2.09. The quantitative estimate of drug-likeness (QED) is 0.685. The van der Waals surface area contributed by atoms with Gasteiger partial charge in [0.25, 0.3) is 0 Å². The van der Waals surface area contributed by atoms with Crippen LogP contribution < -0.4 is 0 Å². The number of aryl methyl sites for hydroxylation is 4. The van der Waals surface area contributed by atoms with Crippen LogP contribution in [0.2, 0.25) is 0 Å². The normalized spacial score (nSPS) is 17.3. The molecule has 2 aromatic carbocycles. The molecule has 0 saturated carbocycles. The third-order valence-electron chi connectivity index (χ3n) is 4.65. The standard InChI is InChI=1S/C22H24O/c1-14-6-8-19(10-16(14)3)21-12-18(5)23-22(13-21)20-9-7-15(2)17(4)11-20/h6-13,18H,1-5H3. The van der Waals surface area contributed by atoms with E-state index in [1.54, 1.807) is 0 Å². The SMILES string of the molecule is Cc1ccc(C2=CC(C)OC(c3ccc(C)c(C)c3)=C2)cc1C. The lowest BCUT2D eigenvalue weighted by Gasteiger charge is -2.22. The Kier molecular flexibility index (Phi) is 4.12. The fourth-order valence-electron chi connectivity index (χ4n) is 2.86. The summed E-state index contributed by atoms with van der Waals surface area (Å²) in [7, 11) is 0. The van der Waals surface area contributed by atoms with Gasteiger partial charge in [-0.15, -0.1) is 0 Å². The van der Waals surface area contributed by atoms with Gasteiger partial charge >= 0.3 is 0 Å². The Bertz CT molecular complexity index is 809. The van der Waals surface area contributed by atoms with Crippen molar-refractivity contribution in [2.75, 3.05) is 0 Å². The van der Waals surface area contributed by atoms with E-state index in [0.717, 1.165) is 11.3 Å². The van der Waals surface area contributed by atoms with E-state index >= 15 is 0 Å². The molecule has 1 atom stereocenters. The summed E-state index contributed by atoms with van der Waals surface area (Å²) < 4.78 is 6.06.